The van der Waals surface area contributed by atoms with Crippen LogP contribution in [0.25, 0.3) is 32.0 Å². The summed E-state index contributed by atoms with van der Waals surface area (Å²) < 4.78 is 45.5. The quantitative estimate of drug-likeness (QED) is 0.170. The van der Waals surface area contributed by atoms with Gasteiger partial charge in [0.15, 0.2) is 9.84 Å². The summed E-state index contributed by atoms with van der Waals surface area (Å²) in [4.78, 5) is 10.8. The van der Waals surface area contributed by atoms with E-state index >= 15 is 0 Å². The number of fused-ring (bicyclic) bond motifs is 3. The Hall–Kier alpha value is -3.87. The van der Waals surface area contributed by atoms with Crippen molar-refractivity contribution in [2.24, 2.45) is 11.8 Å². The maximum atomic E-state index is 13.9. The second-order valence-electron chi connectivity index (χ2n) is 13.8. The van der Waals surface area contributed by atoms with Crippen molar-refractivity contribution in [3.8, 4) is 27.6 Å². The van der Waals surface area contributed by atoms with Crippen molar-refractivity contribution in [3.05, 3.63) is 64.9 Å². The van der Waals surface area contributed by atoms with Crippen LogP contribution in [0.15, 0.2) is 45.8 Å². The van der Waals surface area contributed by atoms with Crippen LogP contribution >= 0.6 is 11.3 Å². The number of ether oxygens (including phenoxy) is 2. The molecule has 0 radical (unpaired) electrons. The summed E-state index contributed by atoms with van der Waals surface area (Å²) in [5, 5.41) is 12.6. The average molecular weight is 716 g/mol. The molecule has 2 aliphatic heterocycles. The van der Waals surface area contributed by atoms with E-state index in [-0.39, 0.29) is 17.6 Å². The number of pyridine rings is 2. The minimum absolute atomic E-state index is 0.0555. The Balaban J connectivity index is 0.000000302. The van der Waals surface area contributed by atoms with Crippen molar-refractivity contribution in [2.45, 2.75) is 76.5 Å². The molecule has 1 aromatic carbocycles. The third-order valence-electron chi connectivity index (χ3n) is 10.2. The second kappa shape index (κ2) is 14.4. The molecule has 12 heteroatoms. The Morgan fingerprint density at radius 3 is 2.64 bits per heavy atom. The summed E-state index contributed by atoms with van der Waals surface area (Å²) in [7, 11) is -0.0197. The van der Waals surface area contributed by atoms with Gasteiger partial charge >= 0.3 is 0 Å². The summed E-state index contributed by atoms with van der Waals surface area (Å²) in [6.45, 7) is 7.44. The van der Waals surface area contributed by atoms with Gasteiger partial charge in [-0.1, -0.05) is 26.0 Å². The highest BCUT2D eigenvalue weighted by atomic mass is 32.2. The number of nitrogens with one attached hydrogen (secondary N) is 1. The zero-order valence-electron chi connectivity index (χ0n) is 29.4. The lowest BCUT2D eigenvalue weighted by Crippen LogP contribution is -2.17. The zero-order valence-corrected chi connectivity index (χ0v) is 31.0. The van der Waals surface area contributed by atoms with Gasteiger partial charge in [-0.2, -0.15) is 0 Å². The van der Waals surface area contributed by atoms with E-state index in [0.717, 1.165) is 64.7 Å². The smallest absolute Gasteiger partial charge is 0.250 e. The molecule has 1 fully saturated rings. The Bertz CT molecular complexity index is 2120. The van der Waals surface area contributed by atoms with Crippen molar-refractivity contribution in [2.75, 3.05) is 38.4 Å². The van der Waals surface area contributed by atoms with Crippen LogP contribution in [0.5, 0.6) is 5.75 Å². The maximum absolute atomic E-state index is 13.9. The number of methoxy groups -OCH3 is 1. The number of hydrogen-bond donors (Lipinski definition) is 1. The molecule has 264 valence electrons. The van der Waals surface area contributed by atoms with Crippen LogP contribution in [-0.4, -0.2) is 61.7 Å². The van der Waals surface area contributed by atoms with E-state index in [9.17, 15) is 8.42 Å². The number of anilines is 1. The van der Waals surface area contributed by atoms with E-state index in [1.165, 1.54) is 41.7 Å². The third kappa shape index (κ3) is 6.65. The second-order valence-corrected chi connectivity index (χ2v) is 16.8. The predicted octanol–water partition coefficient (Wildman–Crippen LogP) is 7.83. The first-order chi connectivity index (χ1) is 24.2. The maximum Gasteiger partial charge on any atom is 0.250 e. The highest BCUT2D eigenvalue weighted by molar-refractivity contribution is 7.92. The van der Waals surface area contributed by atoms with Crippen LogP contribution in [0.3, 0.4) is 0 Å². The monoisotopic (exact) mass is 715 g/mol. The number of rotatable bonds is 8. The van der Waals surface area contributed by atoms with E-state index in [1.807, 2.05) is 25.2 Å². The molecule has 0 spiro atoms. The number of thiophene rings is 1. The molecule has 0 bridgehead atoms. The number of hydrogen-bond acceptors (Lipinski definition) is 11. The summed E-state index contributed by atoms with van der Waals surface area (Å²) >= 11 is 1.52. The van der Waals surface area contributed by atoms with Crippen LogP contribution in [0.4, 0.5) is 5.82 Å². The molecule has 50 heavy (non-hydrogen) atoms. The summed E-state index contributed by atoms with van der Waals surface area (Å²) in [6.07, 6.45) is 9.14. The Morgan fingerprint density at radius 1 is 1.10 bits per heavy atom. The zero-order chi connectivity index (χ0) is 35.0. The van der Waals surface area contributed by atoms with Crippen molar-refractivity contribution >= 4 is 37.1 Å². The lowest BCUT2D eigenvalue weighted by Gasteiger charge is -2.23. The molecule has 1 atom stereocenters. The minimum atomic E-state index is -3.60. The van der Waals surface area contributed by atoms with Crippen molar-refractivity contribution in [3.63, 3.8) is 0 Å². The number of sulfone groups is 1. The molecule has 1 saturated heterocycles. The van der Waals surface area contributed by atoms with Crippen molar-refractivity contribution in [1.82, 2.24) is 20.2 Å². The lowest BCUT2D eigenvalue weighted by atomic mass is 9.89. The van der Waals surface area contributed by atoms with E-state index in [2.05, 4.69) is 46.5 Å². The minimum Gasteiger partial charge on any atom is -0.496 e. The van der Waals surface area contributed by atoms with E-state index in [1.54, 1.807) is 20.2 Å². The fraction of sp³-hybridized carbons (Fsp3) is 0.474. The molecular weight excluding hydrogens is 671 g/mol. The first-order valence-corrected chi connectivity index (χ1v) is 20.0. The molecule has 4 aromatic heterocycles. The largest absolute Gasteiger partial charge is 0.496 e. The molecule has 10 nitrogen and oxygen atoms in total. The molecule has 1 aliphatic carbocycles. The van der Waals surface area contributed by atoms with Gasteiger partial charge in [-0.15, -0.1) is 21.5 Å². The molecular formula is C38H45N5O5S2. The lowest BCUT2D eigenvalue weighted by molar-refractivity contribution is 0.0639. The van der Waals surface area contributed by atoms with Crippen molar-refractivity contribution in [1.29, 1.82) is 0 Å². The molecule has 0 amide bonds. The van der Waals surface area contributed by atoms with Crippen LogP contribution in [0.1, 0.15) is 73.9 Å². The van der Waals surface area contributed by atoms with Gasteiger partial charge in [-0.3, -0.25) is 4.98 Å². The number of aryl methyl sites for hydroxylation is 3. The van der Waals surface area contributed by atoms with Gasteiger partial charge in [0.2, 0.25) is 11.8 Å². The Morgan fingerprint density at radius 2 is 1.92 bits per heavy atom. The van der Waals surface area contributed by atoms with Crippen molar-refractivity contribution < 1.29 is 22.3 Å². The molecule has 6 heterocycles. The van der Waals surface area contributed by atoms with Gasteiger partial charge in [0, 0.05) is 49.7 Å². The van der Waals surface area contributed by atoms with Gasteiger partial charge in [0.1, 0.15) is 11.6 Å². The average Bonchev–Trinajstić information content (AvgIpc) is 3.92. The Kier molecular flexibility index (Phi) is 9.96. The normalized spacial score (nSPS) is 18.2. The number of nitrogens with zero attached hydrogens (tertiary/aromatic N) is 4. The fourth-order valence-electron chi connectivity index (χ4n) is 7.57. The number of benzene rings is 1. The molecule has 5 aromatic rings. The molecule has 1 N–H and O–H groups in total. The number of aromatic nitrogens is 4. The van der Waals surface area contributed by atoms with Crippen LogP contribution < -0.4 is 10.1 Å². The topological polar surface area (TPSA) is 129 Å². The highest BCUT2D eigenvalue weighted by Gasteiger charge is 2.43. The molecule has 8 rings (SSSR count). The van der Waals surface area contributed by atoms with E-state index in [0.29, 0.717) is 45.8 Å². The van der Waals surface area contributed by atoms with Gasteiger partial charge in [-0.25, -0.2) is 13.4 Å². The SMILES string of the molecule is CNc1nccc2cc(-c3c(-c4nnc(C)o4)c(CCC4CCOCC4)nc4c3S(=O)(=O)CC4C(C)C)sc12.COc1cccc2c1CCC2. The first-order valence-electron chi connectivity index (χ1n) is 17.6. The summed E-state index contributed by atoms with van der Waals surface area (Å²) in [5.41, 5.74) is 5.67. The standard InChI is InChI=1S/C28H33N5O4S2.C10H12O/c1-15(2)19-14-39(34,35)26-23(21-13-18-7-10-30-27(29-4)25(18)38-21)22(28-33-32-16(3)37-28)20(31-24(19)26)6-5-17-8-11-36-12-9-17;1-11-10-7-3-5-8-4-2-6-9(8)10/h7,10,13,15,17,19H,5-6,8-9,11-12,14H2,1-4H3,(H,29,30);3,5,7H,2,4,6H2,1H3. The van der Waals surface area contributed by atoms with Gasteiger partial charge in [0.05, 0.1) is 39.4 Å². The van der Waals surface area contributed by atoms with E-state index < -0.39 is 9.84 Å². The molecule has 3 aliphatic rings. The fourth-order valence-corrected chi connectivity index (χ4v) is 11.1. The van der Waals surface area contributed by atoms with E-state index in [4.69, 9.17) is 18.9 Å². The third-order valence-corrected chi connectivity index (χ3v) is 13.2. The molecule has 1 unspecified atom stereocenters. The predicted molar refractivity (Wildman–Crippen MR) is 197 cm³/mol. The Labute approximate surface area is 298 Å². The molecule has 0 saturated carbocycles. The first kappa shape index (κ1) is 34.6. The van der Waals surface area contributed by atoms with Gasteiger partial charge in [0.25, 0.3) is 0 Å². The van der Waals surface area contributed by atoms with Crippen LogP contribution in [0, 0.1) is 18.8 Å². The van der Waals surface area contributed by atoms with Crippen LogP contribution in [-0.2, 0) is 33.8 Å². The summed E-state index contributed by atoms with van der Waals surface area (Å²) in [5.74, 6) is 3.11. The highest BCUT2D eigenvalue weighted by Crippen LogP contribution is 2.51. The summed E-state index contributed by atoms with van der Waals surface area (Å²) in [6, 6.07) is 10.3. The van der Waals surface area contributed by atoms with Gasteiger partial charge in [-0.05, 0) is 91.5 Å². The van der Waals surface area contributed by atoms with Crippen LogP contribution in [0.2, 0.25) is 0 Å². The van der Waals surface area contributed by atoms with Gasteiger partial charge < -0.3 is 19.2 Å².